The maximum Gasteiger partial charge on any atom is 0.143 e. The second-order valence-electron chi connectivity index (χ2n) is 6.15. The molecule has 0 bridgehead atoms. The number of aliphatic hydroxyl groups is 1. The molecule has 0 spiro atoms. The summed E-state index contributed by atoms with van der Waals surface area (Å²) in [5.74, 6) is 0.767. The van der Waals surface area contributed by atoms with E-state index in [1.165, 1.54) is 0 Å². The number of hydrogen-bond donors (Lipinski definition) is 2. The minimum absolute atomic E-state index is 0.00989. The first-order valence-corrected chi connectivity index (χ1v) is 7.24. The highest BCUT2D eigenvalue weighted by Crippen LogP contribution is 2.22. The van der Waals surface area contributed by atoms with Crippen LogP contribution in [0.25, 0.3) is 5.69 Å². The quantitative estimate of drug-likeness (QED) is 0.859. The number of aromatic nitrogens is 1. The predicted molar refractivity (Wildman–Crippen MR) is 85.0 cm³/mol. The van der Waals surface area contributed by atoms with E-state index in [0.717, 1.165) is 11.4 Å². The summed E-state index contributed by atoms with van der Waals surface area (Å²) < 4.78 is 7.77. The zero-order chi connectivity index (χ0) is 15.3. The van der Waals surface area contributed by atoms with Crippen molar-refractivity contribution in [3.8, 4) is 11.4 Å². The van der Waals surface area contributed by atoms with Crippen molar-refractivity contribution in [2.45, 2.75) is 32.4 Å². The van der Waals surface area contributed by atoms with Gasteiger partial charge in [0, 0.05) is 24.5 Å². The second kappa shape index (κ2) is 6.78. The van der Waals surface area contributed by atoms with Gasteiger partial charge in [-0.3, -0.25) is 0 Å². The van der Waals surface area contributed by atoms with Crippen molar-refractivity contribution < 1.29 is 9.84 Å². The molecule has 0 saturated heterocycles. The smallest absolute Gasteiger partial charge is 0.143 e. The Labute approximate surface area is 126 Å². The number of rotatable bonds is 6. The van der Waals surface area contributed by atoms with Gasteiger partial charge in [-0.1, -0.05) is 12.1 Å². The Kier molecular flexibility index (Phi) is 5.04. The fraction of sp³-hybridized carbons (Fsp3) is 0.412. The number of β-amino-alcohol motifs (C(OH)–C–C–N with tert-alkyl or cyclic N) is 1. The van der Waals surface area contributed by atoms with Gasteiger partial charge in [-0.15, -0.1) is 0 Å². The Morgan fingerprint density at radius 1 is 1.14 bits per heavy atom. The molecule has 4 heteroatoms. The van der Waals surface area contributed by atoms with Crippen LogP contribution >= 0.6 is 0 Å². The molecule has 114 valence electrons. The van der Waals surface area contributed by atoms with E-state index in [9.17, 15) is 5.11 Å². The molecule has 1 unspecified atom stereocenters. The number of aliphatic hydroxyl groups excluding tert-OH is 1. The predicted octanol–water partition coefficient (Wildman–Crippen LogP) is 2.61. The number of ether oxygens (including phenoxy) is 1. The van der Waals surface area contributed by atoms with E-state index in [0.29, 0.717) is 6.54 Å². The maximum atomic E-state index is 10.0. The lowest BCUT2D eigenvalue weighted by atomic mass is 10.1. The van der Waals surface area contributed by atoms with E-state index in [4.69, 9.17) is 4.74 Å². The van der Waals surface area contributed by atoms with Crippen molar-refractivity contribution in [2.75, 3.05) is 13.2 Å². The number of para-hydroxylation sites is 2. The molecule has 0 aliphatic carbocycles. The summed E-state index contributed by atoms with van der Waals surface area (Å²) >= 11 is 0. The van der Waals surface area contributed by atoms with Gasteiger partial charge in [0.25, 0.3) is 0 Å². The van der Waals surface area contributed by atoms with Crippen LogP contribution in [0.2, 0.25) is 0 Å². The molecule has 1 atom stereocenters. The first-order chi connectivity index (χ1) is 9.96. The van der Waals surface area contributed by atoms with Gasteiger partial charge in [-0.05, 0) is 45.0 Å². The van der Waals surface area contributed by atoms with Gasteiger partial charge in [0.15, 0.2) is 0 Å². The van der Waals surface area contributed by atoms with Gasteiger partial charge in [-0.2, -0.15) is 0 Å². The Bertz CT molecular complexity index is 544. The molecule has 21 heavy (non-hydrogen) atoms. The van der Waals surface area contributed by atoms with Crippen LogP contribution in [0.1, 0.15) is 20.8 Å². The number of nitrogens with zero attached hydrogens (tertiary/aromatic N) is 1. The third kappa shape index (κ3) is 4.92. The summed E-state index contributed by atoms with van der Waals surface area (Å²) in [4.78, 5) is 0. The van der Waals surface area contributed by atoms with Crippen LogP contribution < -0.4 is 10.1 Å². The maximum absolute atomic E-state index is 10.0. The second-order valence-corrected chi connectivity index (χ2v) is 6.15. The zero-order valence-electron chi connectivity index (χ0n) is 12.9. The molecule has 0 fully saturated rings. The minimum atomic E-state index is -0.540. The van der Waals surface area contributed by atoms with Crippen LogP contribution in [-0.2, 0) is 0 Å². The number of hydrogen-bond acceptors (Lipinski definition) is 3. The van der Waals surface area contributed by atoms with Crippen LogP contribution in [0, 0.1) is 0 Å². The normalized spacial score (nSPS) is 13.1. The molecule has 0 radical (unpaired) electrons. The average molecular weight is 288 g/mol. The Hall–Kier alpha value is -1.78. The zero-order valence-corrected chi connectivity index (χ0v) is 12.9. The van der Waals surface area contributed by atoms with Crippen molar-refractivity contribution in [2.24, 2.45) is 0 Å². The highest BCUT2D eigenvalue weighted by Gasteiger charge is 2.13. The van der Waals surface area contributed by atoms with Crippen LogP contribution in [0.4, 0.5) is 0 Å². The molecule has 1 heterocycles. The molecular formula is C17H24N2O2. The molecule has 1 aromatic carbocycles. The third-order valence-electron chi connectivity index (χ3n) is 3.05. The summed E-state index contributed by atoms with van der Waals surface area (Å²) in [6.45, 7) is 6.99. The van der Waals surface area contributed by atoms with Gasteiger partial charge < -0.3 is 19.7 Å². The number of benzene rings is 1. The largest absolute Gasteiger partial charge is 0.489 e. The lowest BCUT2D eigenvalue weighted by molar-refractivity contribution is 0.100. The Balaban J connectivity index is 1.95. The molecule has 0 aliphatic rings. The fourth-order valence-electron chi connectivity index (χ4n) is 1.96. The van der Waals surface area contributed by atoms with E-state index in [1.807, 2.05) is 53.4 Å². The van der Waals surface area contributed by atoms with E-state index < -0.39 is 6.10 Å². The summed E-state index contributed by atoms with van der Waals surface area (Å²) in [7, 11) is 0. The van der Waals surface area contributed by atoms with Crippen molar-refractivity contribution in [1.82, 2.24) is 9.88 Å². The van der Waals surface area contributed by atoms with Crippen molar-refractivity contribution >= 4 is 0 Å². The van der Waals surface area contributed by atoms with Gasteiger partial charge in [0.05, 0.1) is 5.69 Å². The van der Waals surface area contributed by atoms with Crippen molar-refractivity contribution in [3.05, 3.63) is 48.8 Å². The van der Waals surface area contributed by atoms with Crippen LogP contribution in [0.3, 0.4) is 0 Å². The van der Waals surface area contributed by atoms with Gasteiger partial charge >= 0.3 is 0 Å². The first-order valence-electron chi connectivity index (χ1n) is 7.24. The monoisotopic (exact) mass is 288 g/mol. The van der Waals surface area contributed by atoms with E-state index >= 15 is 0 Å². The molecule has 1 aromatic heterocycles. The first kappa shape index (κ1) is 15.6. The van der Waals surface area contributed by atoms with Crippen LogP contribution in [0.15, 0.2) is 48.8 Å². The molecule has 2 N–H and O–H groups in total. The van der Waals surface area contributed by atoms with Gasteiger partial charge in [0.1, 0.15) is 18.5 Å². The van der Waals surface area contributed by atoms with E-state index in [1.54, 1.807) is 0 Å². The Morgan fingerprint density at radius 2 is 1.81 bits per heavy atom. The molecule has 2 rings (SSSR count). The van der Waals surface area contributed by atoms with Crippen LogP contribution in [-0.4, -0.2) is 34.5 Å². The summed E-state index contributed by atoms with van der Waals surface area (Å²) in [6, 6.07) is 11.8. The van der Waals surface area contributed by atoms with Crippen molar-refractivity contribution in [1.29, 1.82) is 0 Å². The van der Waals surface area contributed by atoms with E-state index in [-0.39, 0.29) is 12.1 Å². The number of nitrogens with one attached hydrogen (secondary N) is 1. The third-order valence-corrected chi connectivity index (χ3v) is 3.05. The van der Waals surface area contributed by atoms with Crippen LogP contribution in [0.5, 0.6) is 5.75 Å². The fourth-order valence-corrected chi connectivity index (χ4v) is 1.96. The van der Waals surface area contributed by atoms with Gasteiger partial charge in [0.2, 0.25) is 0 Å². The van der Waals surface area contributed by atoms with E-state index in [2.05, 4.69) is 26.1 Å². The standard InChI is InChI=1S/C17H24N2O2/c1-17(2,3)18-12-14(20)13-21-16-9-5-4-8-15(16)19-10-6-7-11-19/h4-11,14,18,20H,12-13H2,1-3H3. The molecular weight excluding hydrogens is 264 g/mol. The van der Waals surface area contributed by atoms with Gasteiger partial charge in [-0.25, -0.2) is 0 Å². The molecule has 0 amide bonds. The highest BCUT2D eigenvalue weighted by molar-refractivity contribution is 5.46. The average Bonchev–Trinajstić information content (AvgIpc) is 2.96. The molecule has 0 aliphatic heterocycles. The highest BCUT2D eigenvalue weighted by atomic mass is 16.5. The minimum Gasteiger partial charge on any atom is -0.489 e. The molecule has 4 nitrogen and oxygen atoms in total. The molecule has 0 saturated carbocycles. The topological polar surface area (TPSA) is 46.4 Å². The Morgan fingerprint density at radius 3 is 2.48 bits per heavy atom. The lowest BCUT2D eigenvalue weighted by Gasteiger charge is -2.23. The van der Waals surface area contributed by atoms with Crippen molar-refractivity contribution in [3.63, 3.8) is 0 Å². The summed E-state index contributed by atoms with van der Waals surface area (Å²) in [5, 5.41) is 13.3. The summed E-state index contributed by atoms with van der Waals surface area (Å²) in [5.41, 5.74) is 0.961. The summed E-state index contributed by atoms with van der Waals surface area (Å²) in [6.07, 6.45) is 3.40. The molecule has 2 aromatic rings. The lowest BCUT2D eigenvalue weighted by Crippen LogP contribution is -2.42. The SMILES string of the molecule is CC(C)(C)NCC(O)COc1ccccc1-n1cccc1.